The number of aromatic nitrogens is 2. The van der Waals surface area contributed by atoms with E-state index in [2.05, 4.69) is 56.3 Å². The van der Waals surface area contributed by atoms with Crippen LogP contribution in [-0.2, 0) is 6.54 Å². The number of hydrogen-bond acceptors (Lipinski definition) is 7. The lowest BCUT2D eigenvalue weighted by atomic mass is 10.0. The zero-order valence-electron chi connectivity index (χ0n) is 17.0. The lowest BCUT2D eigenvalue weighted by molar-refractivity contribution is 0.228. The van der Waals surface area contributed by atoms with Gasteiger partial charge < -0.3 is 20.5 Å². The van der Waals surface area contributed by atoms with Gasteiger partial charge in [-0.25, -0.2) is 5.43 Å². The number of hydrogen-bond donors (Lipinski definition) is 3. The first-order valence-corrected chi connectivity index (χ1v) is 11.1. The summed E-state index contributed by atoms with van der Waals surface area (Å²) in [6.07, 6.45) is 6.27. The summed E-state index contributed by atoms with van der Waals surface area (Å²) in [5.41, 5.74) is 9.17. The summed E-state index contributed by atoms with van der Waals surface area (Å²) < 4.78 is 0. The summed E-state index contributed by atoms with van der Waals surface area (Å²) in [6.45, 7) is 6.45. The van der Waals surface area contributed by atoms with Crippen molar-refractivity contribution in [2.75, 3.05) is 48.4 Å². The molecule has 29 heavy (non-hydrogen) atoms. The molecule has 5 rings (SSSR count). The number of nitrogens with zero attached hydrogens (tertiary/aromatic N) is 4. The van der Waals surface area contributed by atoms with Crippen LogP contribution in [-0.4, -0.2) is 47.6 Å². The van der Waals surface area contributed by atoms with E-state index in [0.29, 0.717) is 6.04 Å². The van der Waals surface area contributed by atoms with Crippen molar-refractivity contribution >= 4 is 17.6 Å². The fourth-order valence-corrected chi connectivity index (χ4v) is 4.67. The maximum Gasteiger partial charge on any atom is 0.226 e. The van der Waals surface area contributed by atoms with Gasteiger partial charge >= 0.3 is 0 Å². The molecule has 4 heterocycles. The second kappa shape index (κ2) is 8.55. The third-order valence-corrected chi connectivity index (χ3v) is 6.23. The smallest absolute Gasteiger partial charge is 0.226 e. The van der Waals surface area contributed by atoms with Crippen molar-refractivity contribution in [1.82, 2.24) is 20.3 Å². The molecule has 0 saturated carbocycles. The van der Waals surface area contributed by atoms with Crippen LogP contribution in [0.4, 0.5) is 17.6 Å². The summed E-state index contributed by atoms with van der Waals surface area (Å²) in [5.74, 6) is 2.72. The van der Waals surface area contributed by atoms with Gasteiger partial charge in [0.2, 0.25) is 5.95 Å². The standard InChI is InChI=1S/C22H31N7/c1-3-8-17(9-4-1)16-29-15-10-18-19-20(27-26-18)24-22(25-21(19)29)23-11-7-14-28-12-5-2-6-13-28/h1,3-4,8-9,18,26H,2,5-7,10-16H2,(H2,23,24,25,27). The number of anilines is 3. The van der Waals surface area contributed by atoms with Crippen LogP contribution in [0.5, 0.6) is 0 Å². The largest absolute Gasteiger partial charge is 0.354 e. The number of piperidine rings is 1. The molecule has 7 nitrogen and oxygen atoms in total. The van der Waals surface area contributed by atoms with Gasteiger partial charge in [0.25, 0.3) is 0 Å². The van der Waals surface area contributed by atoms with Gasteiger partial charge in [-0.2, -0.15) is 9.97 Å². The molecule has 3 aliphatic heterocycles. The van der Waals surface area contributed by atoms with Gasteiger partial charge in [-0.1, -0.05) is 36.8 Å². The Morgan fingerprint density at radius 1 is 1.03 bits per heavy atom. The third kappa shape index (κ3) is 4.16. The molecule has 1 aromatic carbocycles. The molecule has 3 N–H and O–H groups in total. The molecular weight excluding hydrogens is 362 g/mol. The molecule has 1 atom stereocenters. The van der Waals surface area contributed by atoms with Crippen LogP contribution in [0.15, 0.2) is 30.3 Å². The minimum Gasteiger partial charge on any atom is -0.354 e. The lowest BCUT2D eigenvalue weighted by Gasteiger charge is -2.32. The van der Waals surface area contributed by atoms with Gasteiger partial charge in [-0.15, -0.1) is 0 Å². The fourth-order valence-electron chi connectivity index (χ4n) is 4.67. The quantitative estimate of drug-likeness (QED) is 0.625. The van der Waals surface area contributed by atoms with Gasteiger partial charge in [0.1, 0.15) is 5.82 Å². The van der Waals surface area contributed by atoms with Crippen molar-refractivity contribution < 1.29 is 0 Å². The van der Waals surface area contributed by atoms with Gasteiger partial charge in [-0.3, -0.25) is 0 Å². The summed E-state index contributed by atoms with van der Waals surface area (Å²) in [6, 6.07) is 10.9. The Hall–Kier alpha value is -2.38. The molecule has 1 unspecified atom stereocenters. The van der Waals surface area contributed by atoms with Crippen molar-refractivity contribution in [2.45, 2.75) is 44.7 Å². The van der Waals surface area contributed by atoms with Gasteiger partial charge in [-0.05, 0) is 50.9 Å². The highest BCUT2D eigenvalue weighted by Gasteiger charge is 2.34. The molecule has 0 amide bonds. The molecule has 1 saturated heterocycles. The minimum absolute atomic E-state index is 0.306. The molecule has 0 aliphatic carbocycles. The highest BCUT2D eigenvalue weighted by atomic mass is 15.4. The first-order chi connectivity index (χ1) is 14.4. The predicted molar refractivity (Wildman–Crippen MR) is 117 cm³/mol. The molecule has 3 aliphatic rings. The molecule has 1 fully saturated rings. The molecular formula is C22H31N7. The summed E-state index contributed by atoms with van der Waals surface area (Å²) in [5, 5.41) is 3.47. The van der Waals surface area contributed by atoms with Crippen molar-refractivity contribution in [3.8, 4) is 0 Å². The zero-order valence-corrected chi connectivity index (χ0v) is 17.0. The van der Waals surface area contributed by atoms with E-state index in [1.165, 1.54) is 43.5 Å². The number of rotatable bonds is 7. The molecule has 1 aromatic heterocycles. The zero-order chi connectivity index (χ0) is 19.5. The Morgan fingerprint density at radius 2 is 1.90 bits per heavy atom. The Labute approximate surface area is 172 Å². The normalized spacial score (nSPS) is 21.0. The van der Waals surface area contributed by atoms with E-state index in [-0.39, 0.29) is 0 Å². The van der Waals surface area contributed by atoms with E-state index in [4.69, 9.17) is 9.97 Å². The minimum atomic E-state index is 0.306. The average molecular weight is 394 g/mol. The maximum absolute atomic E-state index is 4.94. The number of benzene rings is 1. The van der Waals surface area contributed by atoms with Crippen molar-refractivity contribution in [3.05, 3.63) is 41.5 Å². The lowest BCUT2D eigenvalue weighted by Crippen LogP contribution is -2.34. The van der Waals surface area contributed by atoms with Crippen LogP contribution in [0.25, 0.3) is 0 Å². The summed E-state index contributed by atoms with van der Waals surface area (Å²) in [4.78, 5) is 14.6. The fraction of sp³-hybridized carbons (Fsp3) is 0.545. The van der Waals surface area contributed by atoms with Crippen LogP contribution in [0.1, 0.15) is 49.3 Å². The Morgan fingerprint density at radius 3 is 2.76 bits per heavy atom. The number of likely N-dealkylation sites (tertiary alicyclic amines) is 1. The van der Waals surface area contributed by atoms with Crippen LogP contribution >= 0.6 is 0 Å². The molecule has 7 heteroatoms. The molecule has 0 bridgehead atoms. The van der Waals surface area contributed by atoms with Crippen LogP contribution in [0.3, 0.4) is 0 Å². The predicted octanol–water partition coefficient (Wildman–Crippen LogP) is 3.15. The van der Waals surface area contributed by atoms with E-state index in [9.17, 15) is 0 Å². The van der Waals surface area contributed by atoms with E-state index >= 15 is 0 Å². The first-order valence-electron chi connectivity index (χ1n) is 11.1. The topological polar surface area (TPSA) is 68.3 Å². The SMILES string of the molecule is c1ccc(CN2CCC3NNc4nc(NCCCN5CCCCC5)nc2c43)cc1. The molecule has 2 aromatic rings. The average Bonchev–Trinajstić information content (AvgIpc) is 3.19. The Balaban J connectivity index is 1.27. The van der Waals surface area contributed by atoms with Gasteiger partial charge in [0.05, 0.1) is 11.6 Å². The maximum atomic E-state index is 4.94. The summed E-state index contributed by atoms with van der Waals surface area (Å²) in [7, 11) is 0. The molecule has 0 radical (unpaired) electrons. The Bertz CT molecular complexity index is 819. The number of nitrogens with one attached hydrogen (secondary N) is 3. The van der Waals surface area contributed by atoms with Crippen LogP contribution in [0, 0.1) is 0 Å². The second-order valence-electron chi connectivity index (χ2n) is 8.33. The van der Waals surface area contributed by atoms with E-state index in [1.807, 2.05) is 0 Å². The van der Waals surface area contributed by atoms with E-state index < -0.39 is 0 Å². The monoisotopic (exact) mass is 393 g/mol. The second-order valence-corrected chi connectivity index (χ2v) is 8.33. The molecule has 0 spiro atoms. The van der Waals surface area contributed by atoms with Crippen LogP contribution < -0.4 is 21.1 Å². The van der Waals surface area contributed by atoms with Crippen molar-refractivity contribution in [3.63, 3.8) is 0 Å². The van der Waals surface area contributed by atoms with E-state index in [0.717, 1.165) is 56.6 Å². The molecule has 154 valence electrons. The Kier molecular flexibility index (Phi) is 5.49. The number of hydrazine groups is 1. The van der Waals surface area contributed by atoms with Crippen LogP contribution in [0.2, 0.25) is 0 Å². The van der Waals surface area contributed by atoms with Crippen molar-refractivity contribution in [1.29, 1.82) is 0 Å². The van der Waals surface area contributed by atoms with Gasteiger partial charge in [0, 0.05) is 19.6 Å². The highest BCUT2D eigenvalue weighted by molar-refractivity contribution is 5.67. The third-order valence-electron chi connectivity index (χ3n) is 6.23. The van der Waals surface area contributed by atoms with Gasteiger partial charge in [0.15, 0.2) is 5.82 Å². The first kappa shape index (κ1) is 18.6. The summed E-state index contributed by atoms with van der Waals surface area (Å²) >= 11 is 0. The van der Waals surface area contributed by atoms with Crippen molar-refractivity contribution in [2.24, 2.45) is 0 Å². The highest BCUT2D eigenvalue weighted by Crippen LogP contribution is 2.41. The van der Waals surface area contributed by atoms with E-state index in [1.54, 1.807) is 0 Å².